The summed E-state index contributed by atoms with van der Waals surface area (Å²) in [4.78, 5) is 0. The number of halogens is 1. The summed E-state index contributed by atoms with van der Waals surface area (Å²) in [5.74, 6) is 1.25. The highest BCUT2D eigenvalue weighted by Crippen LogP contribution is 2.24. The van der Waals surface area contributed by atoms with Gasteiger partial charge in [-0.1, -0.05) is 45.0 Å². The number of hydrogen-bond acceptors (Lipinski definition) is 3. The summed E-state index contributed by atoms with van der Waals surface area (Å²) in [6, 6.07) is 13.3. The lowest BCUT2D eigenvalue weighted by Gasteiger charge is -2.12. The predicted octanol–water partition coefficient (Wildman–Crippen LogP) is 5.79. The maximum absolute atomic E-state index is 14.6. The molecule has 2 heterocycles. The Balaban J connectivity index is 1.43. The molecule has 0 saturated heterocycles. The number of nitrogens with zero attached hydrogens (tertiary/aromatic N) is 4. The highest BCUT2D eigenvalue weighted by molar-refractivity contribution is 5.30. The van der Waals surface area contributed by atoms with Crippen LogP contribution >= 0.6 is 0 Å². The molecular formula is C27H31FN4O. The average Bonchev–Trinajstić information content (AvgIpc) is 3.46. The number of hydrogen-bond donors (Lipinski definition) is 0. The van der Waals surface area contributed by atoms with E-state index in [0.29, 0.717) is 25.4 Å². The Bertz CT molecular complexity index is 1210. The smallest absolute Gasteiger partial charge is 0.126 e. The van der Waals surface area contributed by atoms with Crippen molar-refractivity contribution in [3.05, 3.63) is 101 Å². The van der Waals surface area contributed by atoms with E-state index in [2.05, 4.69) is 43.2 Å². The first-order valence-electron chi connectivity index (χ1n) is 11.4. The summed E-state index contributed by atoms with van der Waals surface area (Å²) in [5.41, 5.74) is 5.19. The van der Waals surface area contributed by atoms with Crippen molar-refractivity contribution in [2.24, 2.45) is 0 Å². The van der Waals surface area contributed by atoms with Crippen molar-refractivity contribution in [1.82, 2.24) is 19.6 Å². The van der Waals surface area contributed by atoms with Crippen molar-refractivity contribution < 1.29 is 9.13 Å². The molecule has 172 valence electrons. The van der Waals surface area contributed by atoms with Crippen molar-refractivity contribution in [2.45, 2.75) is 52.1 Å². The molecule has 0 N–H and O–H groups in total. The first-order chi connectivity index (χ1) is 15.9. The predicted molar refractivity (Wildman–Crippen MR) is 128 cm³/mol. The molecule has 4 aromatic rings. The van der Waals surface area contributed by atoms with Gasteiger partial charge in [-0.2, -0.15) is 10.2 Å². The monoisotopic (exact) mass is 446 g/mol. The fourth-order valence-electron chi connectivity index (χ4n) is 3.96. The maximum Gasteiger partial charge on any atom is 0.126 e. The van der Waals surface area contributed by atoms with Crippen LogP contribution in [0, 0.1) is 5.82 Å². The van der Waals surface area contributed by atoms with Gasteiger partial charge in [0.15, 0.2) is 0 Å². The van der Waals surface area contributed by atoms with Crippen LogP contribution in [-0.4, -0.2) is 26.7 Å². The molecule has 0 bridgehead atoms. The molecule has 1 atom stereocenters. The lowest BCUT2D eigenvalue weighted by molar-refractivity contribution is 0.414. The van der Waals surface area contributed by atoms with Crippen molar-refractivity contribution in [3.63, 3.8) is 0 Å². The molecule has 2 aromatic heterocycles. The third-order valence-corrected chi connectivity index (χ3v) is 6.00. The summed E-state index contributed by atoms with van der Waals surface area (Å²) in [7, 11) is 1.67. The molecule has 0 radical (unpaired) electrons. The van der Waals surface area contributed by atoms with E-state index in [4.69, 9.17) is 4.74 Å². The summed E-state index contributed by atoms with van der Waals surface area (Å²) in [6.45, 7) is 7.71. The van der Waals surface area contributed by atoms with Crippen molar-refractivity contribution >= 4 is 0 Å². The lowest BCUT2D eigenvalue weighted by atomic mass is 9.95. The van der Waals surface area contributed by atoms with Gasteiger partial charge in [-0.05, 0) is 64.3 Å². The standard InChI is InChI=1S/C27H31FN4O/c1-19(2)24-13-29-31(17-24)16-22-8-9-27(28)23(11-22)10-20(3)25-14-30-32(18-25)15-21-6-5-7-26(12-21)33-4/h5-9,11-14,17-20H,10,15-16H2,1-4H3. The van der Waals surface area contributed by atoms with Gasteiger partial charge in [0.1, 0.15) is 11.6 Å². The van der Waals surface area contributed by atoms with Gasteiger partial charge in [0.05, 0.1) is 32.6 Å². The molecule has 33 heavy (non-hydrogen) atoms. The Kier molecular flexibility index (Phi) is 6.92. The van der Waals surface area contributed by atoms with Crippen LogP contribution in [0.4, 0.5) is 4.39 Å². The van der Waals surface area contributed by atoms with Crippen LogP contribution in [0.5, 0.6) is 5.75 Å². The maximum atomic E-state index is 14.6. The molecule has 0 aliphatic heterocycles. The van der Waals surface area contributed by atoms with Gasteiger partial charge in [0.2, 0.25) is 0 Å². The van der Waals surface area contributed by atoms with Crippen molar-refractivity contribution in [2.75, 3.05) is 7.11 Å². The summed E-state index contributed by atoms with van der Waals surface area (Å²) in [6.07, 6.45) is 8.50. The molecule has 0 spiro atoms. The average molecular weight is 447 g/mol. The summed E-state index contributed by atoms with van der Waals surface area (Å²) in [5, 5.41) is 8.96. The van der Waals surface area contributed by atoms with Crippen molar-refractivity contribution in [1.29, 1.82) is 0 Å². The van der Waals surface area contributed by atoms with Gasteiger partial charge in [-0.3, -0.25) is 9.36 Å². The van der Waals surface area contributed by atoms with E-state index in [1.807, 2.05) is 58.3 Å². The molecule has 0 saturated carbocycles. The number of rotatable bonds is 9. The fraction of sp³-hybridized carbons (Fsp3) is 0.333. The second-order valence-electron chi connectivity index (χ2n) is 8.98. The zero-order chi connectivity index (χ0) is 23.4. The van der Waals surface area contributed by atoms with Gasteiger partial charge in [0.25, 0.3) is 0 Å². The number of ether oxygens (including phenoxy) is 1. The molecule has 6 heteroatoms. The van der Waals surface area contributed by atoms with E-state index < -0.39 is 0 Å². The zero-order valence-electron chi connectivity index (χ0n) is 19.7. The van der Waals surface area contributed by atoms with Gasteiger partial charge in [-0.25, -0.2) is 4.39 Å². The number of benzene rings is 2. The van der Waals surface area contributed by atoms with Crippen LogP contribution in [0.3, 0.4) is 0 Å². The Labute approximate surface area is 194 Å². The van der Waals surface area contributed by atoms with Crippen LogP contribution in [0.15, 0.2) is 67.3 Å². The van der Waals surface area contributed by atoms with Crippen LogP contribution < -0.4 is 4.74 Å². The number of aromatic nitrogens is 4. The number of methoxy groups -OCH3 is 1. The third-order valence-electron chi connectivity index (χ3n) is 6.00. The second kappa shape index (κ2) is 10.0. The van der Waals surface area contributed by atoms with Crippen molar-refractivity contribution in [3.8, 4) is 5.75 Å². The normalized spacial score (nSPS) is 12.3. The highest BCUT2D eigenvalue weighted by atomic mass is 19.1. The van der Waals surface area contributed by atoms with Crippen LogP contribution in [0.25, 0.3) is 0 Å². The van der Waals surface area contributed by atoms with E-state index in [1.165, 1.54) is 5.56 Å². The van der Waals surface area contributed by atoms with E-state index in [-0.39, 0.29) is 11.7 Å². The molecule has 0 aliphatic rings. The van der Waals surface area contributed by atoms with Crippen LogP contribution in [-0.2, 0) is 19.5 Å². The largest absolute Gasteiger partial charge is 0.497 e. The van der Waals surface area contributed by atoms with E-state index in [0.717, 1.165) is 28.0 Å². The Hall–Kier alpha value is -3.41. The molecular weight excluding hydrogens is 415 g/mol. The topological polar surface area (TPSA) is 44.9 Å². The Morgan fingerprint density at radius 2 is 1.55 bits per heavy atom. The Morgan fingerprint density at radius 3 is 2.21 bits per heavy atom. The molecule has 1 unspecified atom stereocenters. The minimum absolute atomic E-state index is 0.144. The molecule has 2 aromatic carbocycles. The zero-order valence-corrected chi connectivity index (χ0v) is 19.7. The highest BCUT2D eigenvalue weighted by Gasteiger charge is 2.14. The summed E-state index contributed by atoms with van der Waals surface area (Å²) < 4.78 is 23.7. The van der Waals surface area contributed by atoms with Gasteiger partial charge in [0, 0.05) is 12.4 Å². The minimum Gasteiger partial charge on any atom is -0.497 e. The fourth-order valence-corrected chi connectivity index (χ4v) is 3.96. The van der Waals surface area contributed by atoms with E-state index >= 15 is 0 Å². The van der Waals surface area contributed by atoms with E-state index in [9.17, 15) is 4.39 Å². The van der Waals surface area contributed by atoms with Crippen LogP contribution in [0.1, 0.15) is 60.4 Å². The van der Waals surface area contributed by atoms with Gasteiger partial charge in [-0.15, -0.1) is 0 Å². The van der Waals surface area contributed by atoms with Gasteiger partial charge < -0.3 is 4.74 Å². The molecule has 0 amide bonds. The first kappa shape index (κ1) is 22.8. The molecule has 0 aliphatic carbocycles. The van der Waals surface area contributed by atoms with E-state index in [1.54, 1.807) is 13.2 Å². The Morgan fingerprint density at radius 1 is 0.879 bits per heavy atom. The molecule has 4 rings (SSSR count). The van der Waals surface area contributed by atoms with Crippen LogP contribution in [0.2, 0.25) is 0 Å². The SMILES string of the molecule is COc1cccc(Cn2cc(C(C)Cc3cc(Cn4cc(C(C)C)cn4)ccc3F)cn2)c1. The third kappa shape index (κ3) is 5.69. The first-order valence-corrected chi connectivity index (χ1v) is 11.4. The quantitative estimate of drug-likeness (QED) is 0.327. The lowest BCUT2D eigenvalue weighted by Crippen LogP contribution is -2.04. The molecule has 0 fully saturated rings. The molecule has 5 nitrogen and oxygen atoms in total. The minimum atomic E-state index is -0.169. The second-order valence-corrected chi connectivity index (χ2v) is 8.98. The van der Waals surface area contributed by atoms with Gasteiger partial charge >= 0.3 is 0 Å². The summed E-state index contributed by atoms with van der Waals surface area (Å²) >= 11 is 0.